The Morgan fingerprint density at radius 3 is 2.60 bits per heavy atom. The zero-order valence-electron chi connectivity index (χ0n) is 16.2. The molecule has 0 amide bonds. The number of hydrogen-bond acceptors (Lipinski definition) is 3. The van der Waals surface area contributed by atoms with Gasteiger partial charge < -0.3 is 5.32 Å². The fourth-order valence-electron chi connectivity index (χ4n) is 5.60. The van der Waals surface area contributed by atoms with Crippen LogP contribution in [0.3, 0.4) is 0 Å². The van der Waals surface area contributed by atoms with Crippen LogP contribution in [0.25, 0.3) is 0 Å². The van der Waals surface area contributed by atoms with Gasteiger partial charge in [0.05, 0.1) is 5.70 Å². The van der Waals surface area contributed by atoms with Crippen LogP contribution in [0.2, 0.25) is 0 Å². The molecule has 0 aliphatic heterocycles. The van der Waals surface area contributed by atoms with Gasteiger partial charge in [-0.3, -0.25) is 9.59 Å². The summed E-state index contributed by atoms with van der Waals surface area (Å²) in [5.41, 5.74) is 2.89. The third-order valence-electron chi connectivity index (χ3n) is 7.57. The number of rotatable bonds is 3. The Kier molecular flexibility index (Phi) is 4.55. The Bertz CT molecular complexity index is 699. The van der Waals surface area contributed by atoms with Gasteiger partial charge in [-0.2, -0.15) is 0 Å². The zero-order chi connectivity index (χ0) is 18.4. The lowest BCUT2D eigenvalue weighted by molar-refractivity contribution is -0.116. The summed E-state index contributed by atoms with van der Waals surface area (Å²) in [6.07, 6.45) is 10.8. The Balaban J connectivity index is 1.96. The SMILES string of the molecule is CNC1=CC(=O)C=C(C[C@@]2(C)C3CCC=C(C)[C@@]3(C)CC[C@@H]2C)C1=O. The van der Waals surface area contributed by atoms with E-state index in [1.807, 2.05) is 0 Å². The van der Waals surface area contributed by atoms with Crippen molar-refractivity contribution in [1.29, 1.82) is 0 Å². The van der Waals surface area contributed by atoms with E-state index in [0.717, 1.165) is 6.42 Å². The van der Waals surface area contributed by atoms with E-state index in [4.69, 9.17) is 0 Å². The van der Waals surface area contributed by atoms with Crippen molar-refractivity contribution in [3.63, 3.8) is 0 Å². The number of hydrogen-bond donors (Lipinski definition) is 1. The van der Waals surface area contributed by atoms with Gasteiger partial charge >= 0.3 is 0 Å². The maximum atomic E-state index is 12.8. The average Bonchev–Trinajstić information content (AvgIpc) is 2.57. The summed E-state index contributed by atoms with van der Waals surface area (Å²) in [5.74, 6) is 1.02. The Hall–Kier alpha value is -1.64. The largest absolute Gasteiger partial charge is 0.385 e. The molecule has 136 valence electrons. The Morgan fingerprint density at radius 2 is 1.92 bits per heavy atom. The number of fused-ring (bicyclic) bond motifs is 1. The third kappa shape index (κ3) is 2.82. The molecule has 1 fully saturated rings. The topological polar surface area (TPSA) is 46.2 Å². The summed E-state index contributed by atoms with van der Waals surface area (Å²) < 4.78 is 0. The van der Waals surface area contributed by atoms with Crippen molar-refractivity contribution in [3.8, 4) is 0 Å². The molecule has 0 radical (unpaired) electrons. The standard InChI is InChI=1S/C22H31NO2/c1-14-7-6-8-19-21(14,3)10-9-15(2)22(19,4)13-16-11-17(24)12-18(23-5)20(16)25/h7,11-12,15,19,23H,6,8-10,13H2,1-5H3/t15-,19?,21+,22+/m0/s1. The van der Waals surface area contributed by atoms with Crippen molar-refractivity contribution >= 4 is 11.6 Å². The lowest BCUT2D eigenvalue weighted by Gasteiger charge is -2.58. The summed E-state index contributed by atoms with van der Waals surface area (Å²) in [6.45, 7) is 9.37. The van der Waals surface area contributed by atoms with E-state index in [0.29, 0.717) is 29.5 Å². The van der Waals surface area contributed by atoms with E-state index < -0.39 is 0 Å². The summed E-state index contributed by atoms with van der Waals surface area (Å²) in [7, 11) is 1.71. The lowest BCUT2D eigenvalue weighted by atomic mass is 9.46. The molecule has 3 heteroatoms. The number of ketones is 2. The smallest absolute Gasteiger partial charge is 0.205 e. The van der Waals surface area contributed by atoms with Crippen LogP contribution in [0.15, 0.2) is 35.1 Å². The minimum Gasteiger partial charge on any atom is -0.385 e. The van der Waals surface area contributed by atoms with E-state index in [1.165, 1.54) is 30.9 Å². The second kappa shape index (κ2) is 6.26. The molecule has 0 aromatic carbocycles. The molecule has 1 unspecified atom stereocenters. The zero-order valence-corrected chi connectivity index (χ0v) is 16.2. The summed E-state index contributed by atoms with van der Waals surface area (Å²) in [6, 6.07) is 0. The van der Waals surface area contributed by atoms with Crippen LogP contribution in [0.1, 0.15) is 59.8 Å². The van der Waals surface area contributed by atoms with Gasteiger partial charge in [-0.05, 0) is 67.8 Å². The predicted molar refractivity (Wildman–Crippen MR) is 101 cm³/mol. The summed E-state index contributed by atoms with van der Waals surface area (Å²) in [5, 5.41) is 2.89. The number of nitrogens with one attached hydrogen (secondary N) is 1. The van der Waals surface area contributed by atoms with E-state index in [1.54, 1.807) is 13.1 Å². The fourth-order valence-corrected chi connectivity index (χ4v) is 5.60. The molecule has 0 heterocycles. The monoisotopic (exact) mass is 341 g/mol. The fraction of sp³-hybridized carbons (Fsp3) is 0.636. The highest BCUT2D eigenvalue weighted by Crippen LogP contribution is 2.62. The second-order valence-electron chi connectivity index (χ2n) is 8.77. The van der Waals surface area contributed by atoms with E-state index in [9.17, 15) is 9.59 Å². The van der Waals surface area contributed by atoms with Gasteiger partial charge in [0.25, 0.3) is 0 Å². The van der Waals surface area contributed by atoms with Crippen molar-refractivity contribution in [3.05, 3.63) is 35.1 Å². The van der Waals surface area contributed by atoms with Gasteiger partial charge in [-0.15, -0.1) is 0 Å². The number of carbonyl (C=O) groups is 2. The first-order chi connectivity index (χ1) is 11.7. The number of carbonyl (C=O) groups excluding carboxylic acids is 2. The maximum Gasteiger partial charge on any atom is 0.205 e. The van der Waals surface area contributed by atoms with Crippen molar-refractivity contribution in [2.75, 3.05) is 7.05 Å². The molecule has 25 heavy (non-hydrogen) atoms. The molecule has 0 bridgehead atoms. The van der Waals surface area contributed by atoms with Gasteiger partial charge in [-0.25, -0.2) is 0 Å². The van der Waals surface area contributed by atoms with E-state index in [2.05, 4.69) is 39.1 Å². The molecule has 3 aliphatic carbocycles. The van der Waals surface area contributed by atoms with Crippen LogP contribution in [0.4, 0.5) is 0 Å². The van der Waals surface area contributed by atoms with Crippen LogP contribution in [0.5, 0.6) is 0 Å². The van der Waals surface area contributed by atoms with Gasteiger partial charge in [0, 0.05) is 18.7 Å². The average molecular weight is 341 g/mol. The van der Waals surface area contributed by atoms with Crippen LogP contribution in [0, 0.1) is 22.7 Å². The summed E-state index contributed by atoms with van der Waals surface area (Å²) in [4.78, 5) is 24.8. The number of likely N-dealkylation sites (N-methyl/N-ethyl adjacent to an activating group) is 1. The normalized spacial score (nSPS) is 38.5. The molecule has 3 rings (SSSR count). The molecule has 3 nitrogen and oxygen atoms in total. The second-order valence-corrected chi connectivity index (χ2v) is 8.77. The lowest BCUT2D eigenvalue weighted by Crippen LogP contribution is -2.50. The highest BCUT2D eigenvalue weighted by atomic mass is 16.1. The van der Waals surface area contributed by atoms with Gasteiger partial charge in [-0.1, -0.05) is 32.4 Å². The molecule has 1 N–H and O–H groups in total. The molecule has 0 saturated heterocycles. The molecule has 1 saturated carbocycles. The number of allylic oxidation sites excluding steroid dienone is 5. The predicted octanol–water partition coefficient (Wildman–Crippen LogP) is 4.36. The molecular formula is C22H31NO2. The Morgan fingerprint density at radius 1 is 1.20 bits per heavy atom. The molecule has 0 aromatic heterocycles. The highest BCUT2D eigenvalue weighted by molar-refractivity contribution is 6.19. The first-order valence-electron chi connectivity index (χ1n) is 9.58. The first kappa shape index (κ1) is 18.2. The van der Waals surface area contributed by atoms with E-state index in [-0.39, 0.29) is 22.4 Å². The minimum atomic E-state index is -0.0755. The van der Waals surface area contributed by atoms with Crippen molar-refractivity contribution in [2.45, 2.75) is 59.8 Å². The highest BCUT2D eigenvalue weighted by Gasteiger charge is 2.53. The molecular weight excluding hydrogens is 310 g/mol. The van der Waals surface area contributed by atoms with Crippen LogP contribution in [-0.2, 0) is 9.59 Å². The van der Waals surface area contributed by atoms with Gasteiger partial charge in [0.1, 0.15) is 0 Å². The molecule has 4 atom stereocenters. The van der Waals surface area contributed by atoms with E-state index >= 15 is 0 Å². The van der Waals surface area contributed by atoms with Crippen molar-refractivity contribution < 1.29 is 9.59 Å². The Labute approximate surface area is 151 Å². The van der Waals surface area contributed by atoms with Crippen molar-refractivity contribution in [1.82, 2.24) is 5.32 Å². The molecule has 0 aromatic rings. The van der Waals surface area contributed by atoms with Crippen LogP contribution in [-0.4, -0.2) is 18.6 Å². The third-order valence-corrected chi connectivity index (χ3v) is 7.57. The van der Waals surface area contributed by atoms with Crippen molar-refractivity contribution in [2.24, 2.45) is 22.7 Å². The van der Waals surface area contributed by atoms with Crippen LogP contribution >= 0.6 is 0 Å². The number of Topliss-reactive ketones (excluding diaryl/α,β-unsaturated/α-hetero) is 1. The minimum absolute atomic E-state index is 0.00845. The molecule has 3 aliphatic rings. The first-order valence-corrected chi connectivity index (χ1v) is 9.58. The summed E-state index contributed by atoms with van der Waals surface area (Å²) >= 11 is 0. The van der Waals surface area contributed by atoms with Crippen LogP contribution < -0.4 is 5.32 Å². The maximum absolute atomic E-state index is 12.8. The molecule has 0 spiro atoms. The van der Waals surface area contributed by atoms with Gasteiger partial charge in [0.2, 0.25) is 5.78 Å². The quantitative estimate of drug-likeness (QED) is 0.613. The van der Waals surface area contributed by atoms with Gasteiger partial charge in [0.15, 0.2) is 5.78 Å².